The van der Waals surface area contributed by atoms with Crippen LogP contribution in [0.2, 0.25) is 5.02 Å². The second-order valence-corrected chi connectivity index (χ2v) is 6.72. The quantitative estimate of drug-likeness (QED) is 0.562. The Labute approximate surface area is 177 Å². The molecule has 0 unspecified atom stereocenters. The number of halogens is 2. The lowest BCUT2D eigenvalue weighted by molar-refractivity contribution is -0.137. The molecule has 0 saturated carbocycles. The molecule has 1 atom stereocenters. The highest BCUT2D eigenvalue weighted by molar-refractivity contribution is 6.31. The van der Waals surface area contributed by atoms with E-state index in [0.717, 1.165) is 0 Å². The summed E-state index contributed by atoms with van der Waals surface area (Å²) in [5, 5.41) is 16.4. The summed E-state index contributed by atoms with van der Waals surface area (Å²) in [5.41, 5.74) is 0.533. The van der Waals surface area contributed by atoms with E-state index in [1.807, 2.05) is 0 Å². The van der Waals surface area contributed by atoms with E-state index < -0.39 is 23.7 Å². The highest BCUT2D eigenvalue weighted by atomic mass is 35.5. The van der Waals surface area contributed by atoms with Gasteiger partial charge in [0.05, 0.1) is 19.1 Å². The van der Waals surface area contributed by atoms with Crippen LogP contribution in [-0.4, -0.2) is 33.4 Å². The predicted octanol–water partition coefficient (Wildman–Crippen LogP) is 4.01. The average Bonchev–Trinajstić information content (AvgIpc) is 3.12. The third-order valence-electron chi connectivity index (χ3n) is 4.25. The van der Waals surface area contributed by atoms with Gasteiger partial charge in [-0.3, -0.25) is 9.59 Å². The summed E-state index contributed by atoms with van der Waals surface area (Å²) in [6.45, 7) is 2.03. The second kappa shape index (κ2) is 9.41. The maximum absolute atomic E-state index is 14.2. The number of carbonyl (C=O) groups excluding carboxylic acids is 1. The monoisotopic (exact) mass is 431 g/mol. The van der Waals surface area contributed by atoms with Crippen LogP contribution in [0.1, 0.15) is 35.4 Å². The standard InChI is InChI=1S/C21H19ClFN3O4/c1-2-30-19-11-17(25-26(19)18-10-6-5-9-15(18)23)21(29)24-16(12-20(27)28)13-7-3-4-8-14(13)22/h3-11,16H,2,12H2,1H3,(H,24,29)(H,27,28)/t16-/m0/s1. The third kappa shape index (κ3) is 4.77. The number of hydrogen-bond acceptors (Lipinski definition) is 4. The Balaban J connectivity index is 1.93. The first kappa shape index (κ1) is 21.3. The van der Waals surface area contributed by atoms with E-state index in [1.165, 1.54) is 28.9 Å². The fourth-order valence-corrected chi connectivity index (χ4v) is 3.19. The molecule has 3 rings (SSSR count). The van der Waals surface area contributed by atoms with Gasteiger partial charge in [-0.1, -0.05) is 41.9 Å². The summed E-state index contributed by atoms with van der Waals surface area (Å²) in [5.74, 6) is -2.10. The number of benzene rings is 2. The molecule has 0 saturated heterocycles. The van der Waals surface area contributed by atoms with Crippen molar-refractivity contribution in [1.82, 2.24) is 15.1 Å². The van der Waals surface area contributed by atoms with Crippen LogP contribution < -0.4 is 10.1 Å². The minimum absolute atomic E-state index is 0.0517. The number of carboxylic acids is 1. The van der Waals surface area contributed by atoms with Crippen molar-refractivity contribution in [3.63, 3.8) is 0 Å². The zero-order valence-electron chi connectivity index (χ0n) is 16.0. The van der Waals surface area contributed by atoms with Crippen LogP contribution in [0.15, 0.2) is 54.6 Å². The fourth-order valence-electron chi connectivity index (χ4n) is 2.92. The van der Waals surface area contributed by atoms with Crippen LogP contribution in [0, 0.1) is 5.82 Å². The van der Waals surface area contributed by atoms with Crippen molar-refractivity contribution in [2.75, 3.05) is 6.61 Å². The van der Waals surface area contributed by atoms with E-state index in [0.29, 0.717) is 10.6 Å². The van der Waals surface area contributed by atoms with E-state index in [1.54, 1.807) is 37.3 Å². The Morgan fingerprint density at radius 2 is 1.93 bits per heavy atom. The fraction of sp³-hybridized carbons (Fsp3) is 0.190. The van der Waals surface area contributed by atoms with Crippen LogP contribution in [0.5, 0.6) is 5.88 Å². The minimum Gasteiger partial charge on any atom is -0.481 e. The number of nitrogens with one attached hydrogen (secondary N) is 1. The molecule has 0 radical (unpaired) electrons. The number of para-hydroxylation sites is 1. The van der Waals surface area contributed by atoms with Crippen LogP contribution >= 0.6 is 11.6 Å². The van der Waals surface area contributed by atoms with Crippen molar-refractivity contribution in [2.24, 2.45) is 0 Å². The maximum atomic E-state index is 14.2. The maximum Gasteiger partial charge on any atom is 0.305 e. The van der Waals surface area contributed by atoms with Crippen molar-refractivity contribution < 1.29 is 23.8 Å². The van der Waals surface area contributed by atoms with Gasteiger partial charge in [-0.05, 0) is 30.7 Å². The number of aromatic nitrogens is 2. The molecule has 30 heavy (non-hydrogen) atoms. The highest BCUT2D eigenvalue weighted by Crippen LogP contribution is 2.26. The molecule has 1 aromatic heterocycles. The molecule has 1 amide bonds. The highest BCUT2D eigenvalue weighted by Gasteiger charge is 2.24. The van der Waals surface area contributed by atoms with Gasteiger partial charge < -0.3 is 15.2 Å². The van der Waals surface area contributed by atoms with Gasteiger partial charge >= 0.3 is 5.97 Å². The lowest BCUT2D eigenvalue weighted by Crippen LogP contribution is -2.30. The van der Waals surface area contributed by atoms with E-state index in [2.05, 4.69) is 10.4 Å². The Morgan fingerprint density at radius 1 is 1.23 bits per heavy atom. The van der Waals surface area contributed by atoms with Crippen molar-refractivity contribution in [3.05, 3.63) is 76.7 Å². The molecular formula is C21H19ClFN3O4. The van der Waals surface area contributed by atoms with E-state index in [9.17, 15) is 19.1 Å². The molecule has 0 spiro atoms. The number of ether oxygens (including phenoxy) is 1. The Bertz CT molecular complexity index is 1070. The van der Waals surface area contributed by atoms with Gasteiger partial charge in [-0.15, -0.1) is 0 Å². The van der Waals surface area contributed by atoms with Gasteiger partial charge in [0.1, 0.15) is 11.5 Å². The molecule has 0 aliphatic carbocycles. The molecule has 3 aromatic rings. The normalized spacial score (nSPS) is 11.7. The molecule has 7 nitrogen and oxygen atoms in total. The zero-order valence-corrected chi connectivity index (χ0v) is 16.8. The van der Waals surface area contributed by atoms with Crippen LogP contribution in [0.3, 0.4) is 0 Å². The first-order valence-corrected chi connectivity index (χ1v) is 9.53. The summed E-state index contributed by atoms with van der Waals surface area (Å²) in [7, 11) is 0. The van der Waals surface area contributed by atoms with Gasteiger partial charge in [0.25, 0.3) is 5.91 Å². The first-order chi connectivity index (χ1) is 14.4. The average molecular weight is 432 g/mol. The van der Waals surface area contributed by atoms with E-state index >= 15 is 0 Å². The number of nitrogens with zero attached hydrogens (tertiary/aromatic N) is 2. The van der Waals surface area contributed by atoms with Gasteiger partial charge in [-0.2, -0.15) is 9.78 Å². The number of aliphatic carboxylic acids is 1. The molecule has 1 heterocycles. The Morgan fingerprint density at radius 3 is 2.60 bits per heavy atom. The van der Waals surface area contributed by atoms with Crippen molar-refractivity contribution in [3.8, 4) is 11.6 Å². The Hall–Kier alpha value is -3.39. The number of amides is 1. The number of hydrogen-bond donors (Lipinski definition) is 2. The summed E-state index contributed by atoms with van der Waals surface area (Å²) in [6.07, 6.45) is -0.373. The number of carbonyl (C=O) groups is 2. The van der Waals surface area contributed by atoms with Crippen LogP contribution in [0.4, 0.5) is 4.39 Å². The van der Waals surface area contributed by atoms with Gasteiger partial charge in [0.15, 0.2) is 5.69 Å². The largest absolute Gasteiger partial charge is 0.481 e. The van der Waals surface area contributed by atoms with E-state index in [-0.39, 0.29) is 30.3 Å². The van der Waals surface area contributed by atoms with Crippen molar-refractivity contribution >= 4 is 23.5 Å². The summed E-state index contributed by atoms with van der Waals surface area (Å²) in [6, 6.07) is 13.1. The van der Waals surface area contributed by atoms with Crippen LogP contribution in [0.25, 0.3) is 5.69 Å². The molecule has 2 N–H and O–H groups in total. The summed E-state index contributed by atoms with van der Waals surface area (Å²) in [4.78, 5) is 24.1. The molecule has 9 heteroatoms. The predicted molar refractivity (Wildman–Crippen MR) is 109 cm³/mol. The third-order valence-corrected chi connectivity index (χ3v) is 4.59. The topological polar surface area (TPSA) is 93.4 Å². The summed E-state index contributed by atoms with van der Waals surface area (Å²) >= 11 is 6.17. The minimum atomic E-state index is -1.10. The molecule has 0 aliphatic heterocycles. The molecule has 0 aliphatic rings. The number of carboxylic acid groups (broad SMARTS) is 1. The lowest BCUT2D eigenvalue weighted by Gasteiger charge is -2.18. The first-order valence-electron chi connectivity index (χ1n) is 9.15. The van der Waals surface area contributed by atoms with Crippen molar-refractivity contribution in [1.29, 1.82) is 0 Å². The van der Waals surface area contributed by atoms with Crippen LogP contribution in [-0.2, 0) is 4.79 Å². The SMILES string of the molecule is CCOc1cc(C(=O)N[C@@H](CC(=O)O)c2ccccc2Cl)nn1-c1ccccc1F. The smallest absolute Gasteiger partial charge is 0.305 e. The van der Waals surface area contributed by atoms with Gasteiger partial charge in [0, 0.05) is 11.1 Å². The lowest BCUT2D eigenvalue weighted by atomic mass is 10.0. The van der Waals surface area contributed by atoms with Gasteiger partial charge in [0.2, 0.25) is 5.88 Å². The molecular weight excluding hydrogens is 413 g/mol. The van der Waals surface area contributed by atoms with Gasteiger partial charge in [-0.25, -0.2) is 4.39 Å². The second-order valence-electron chi connectivity index (χ2n) is 6.31. The summed E-state index contributed by atoms with van der Waals surface area (Å²) < 4.78 is 20.9. The molecule has 0 fully saturated rings. The molecule has 0 bridgehead atoms. The molecule has 156 valence electrons. The Kier molecular flexibility index (Phi) is 6.68. The number of rotatable bonds is 8. The van der Waals surface area contributed by atoms with Crippen molar-refractivity contribution in [2.45, 2.75) is 19.4 Å². The zero-order chi connectivity index (χ0) is 21.7. The van der Waals surface area contributed by atoms with E-state index in [4.69, 9.17) is 16.3 Å². The molecule has 2 aromatic carbocycles.